The molecule has 0 fully saturated rings. The van der Waals surface area contributed by atoms with Gasteiger partial charge >= 0.3 is 0 Å². The van der Waals surface area contributed by atoms with Crippen LogP contribution < -0.4 is 0 Å². The molecule has 0 atom stereocenters. The van der Waals surface area contributed by atoms with Gasteiger partial charge in [0, 0.05) is 5.25 Å². The minimum Gasteiger partial charge on any atom is -0.237 e. The fourth-order valence-electron chi connectivity index (χ4n) is 1.97. The molecule has 26 heavy (non-hydrogen) atoms. The Balaban J connectivity index is 2.26. The minimum atomic E-state index is -3.96. The molecule has 0 radical (unpaired) electrons. The van der Waals surface area contributed by atoms with Gasteiger partial charge in [-0.1, -0.05) is 60.1 Å². The van der Waals surface area contributed by atoms with Crippen molar-refractivity contribution in [3.63, 3.8) is 0 Å². The molecule has 0 unspecified atom stereocenters. The number of benzene rings is 1. The first-order valence-electron chi connectivity index (χ1n) is 7.18. The molecule has 3 rings (SSSR count). The first kappa shape index (κ1) is 20.1. The number of thioether (sulfide) groups is 2. The molecular weight excluding hydrogens is 455 g/mol. The zero-order valence-corrected chi connectivity index (χ0v) is 18.5. The number of nitrogens with zero attached hydrogens (tertiary/aromatic N) is 4. The average Bonchev–Trinajstić information content (AvgIpc) is 3.05. The summed E-state index contributed by atoms with van der Waals surface area (Å²) in [5.74, 6) is 0. The Morgan fingerprint density at radius 2 is 1.69 bits per heavy atom. The zero-order valence-electron chi connectivity index (χ0n) is 13.7. The molecule has 0 aliphatic rings. The maximum atomic E-state index is 13.1. The van der Waals surface area contributed by atoms with Crippen LogP contribution in [0.15, 0.2) is 30.9 Å². The predicted octanol–water partition coefficient (Wildman–Crippen LogP) is 4.84. The second kappa shape index (κ2) is 7.76. The van der Waals surface area contributed by atoms with Crippen LogP contribution in [0.4, 0.5) is 0 Å². The molecule has 6 nitrogen and oxygen atoms in total. The Morgan fingerprint density at radius 3 is 2.23 bits per heavy atom. The lowest BCUT2D eigenvalue weighted by molar-refractivity contribution is 0.586. The highest BCUT2D eigenvalue weighted by atomic mass is 35.5. The summed E-state index contributed by atoms with van der Waals surface area (Å²) in [6, 6.07) is 3.08. The van der Waals surface area contributed by atoms with E-state index in [0.29, 0.717) is 25.4 Å². The third kappa shape index (κ3) is 3.95. The van der Waals surface area contributed by atoms with Crippen LogP contribution in [0.2, 0.25) is 10.0 Å². The van der Waals surface area contributed by atoms with E-state index in [2.05, 4.69) is 20.2 Å². The van der Waals surface area contributed by atoms with Crippen molar-refractivity contribution in [2.45, 2.75) is 37.8 Å². The molecule has 12 heteroatoms. The van der Waals surface area contributed by atoms with Crippen molar-refractivity contribution in [1.82, 2.24) is 20.2 Å². The highest BCUT2D eigenvalue weighted by Crippen LogP contribution is 2.35. The van der Waals surface area contributed by atoms with E-state index in [0.717, 1.165) is 11.3 Å². The normalized spacial score (nSPS) is 12.2. The summed E-state index contributed by atoms with van der Waals surface area (Å²) in [6.45, 7) is 3.89. The molecule has 3 aromatic rings. The lowest BCUT2D eigenvalue weighted by atomic mass is 10.3. The van der Waals surface area contributed by atoms with Crippen LogP contribution in [0.1, 0.15) is 13.8 Å². The van der Waals surface area contributed by atoms with Crippen molar-refractivity contribution in [2.75, 3.05) is 6.26 Å². The zero-order chi connectivity index (χ0) is 19.1. The third-order valence-electron chi connectivity index (χ3n) is 3.04. The highest BCUT2D eigenvalue weighted by Gasteiger charge is 2.30. The van der Waals surface area contributed by atoms with Crippen LogP contribution in [-0.2, 0) is 9.84 Å². The molecule has 0 saturated carbocycles. The molecule has 1 aromatic carbocycles. The van der Waals surface area contributed by atoms with Crippen molar-refractivity contribution >= 4 is 78.9 Å². The van der Waals surface area contributed by atoms with E-state index in [1.54, 1.807) is 12.3 Å². The van der Waals surface area contributed by atoms with Crippen LogP contribution >= 0.6 is 58.1 Å². The molecule has 0 spiro atoms. The molecule has 138 valence electrons. The number of fused-ring (bicyclic) bond motifs is 1. The molecule has 0 amide bonds. The summed E-state index contributed by atoms with van der Waals surface area (Å²) in [7, 11) is -3.96. The Morgan fingerprint density at radius 1 is 1.08 bits per heavy atom. The maximum absolute atomic E-state index is 13.1. The van der Waals surface area contributed by atoms with E-state index in [9.17, 15) is 8.42 Å². The van der Waals surface area contributed by atoms with Crippen molar-refractivity contribution < 1.29 is 8.42 Å². The van der Waals surface area contributed by atoms with Crippen molar-refractivity contribution in [2.24, 2.45) is 0 Å². The second-order valence-electron chi connectivity index (χ2n) is 5.30. The fraction of sp³-hybridized carbons (Fsp3) is 0.286. The Labute approximate surface area is 173 Å². The van der Waals surface area contributed by atoms with E-state index in [1.165, 1.54) is 29.6 Å². The topological polar surface area (TPSA) is 85.7 Å². The largest absolute Gasteiger partial charge is 0.255 e. The van der Waals surface area contributed by atoms with Gasteiger partial charge in [-0.15, -0.1) is 22.0 Å². The van der Waals surface area contributed by atoms with Crippen LogP contribution in [0.5, 0.6) is 0 Å². The van der Waals surface area contributed by atoms with Crippen LogP contribution in [-0.4, -0.2) is 40.1 Å². The lowest BCUT2D eigenvalue weighted by Gasteiger charge is -2.11. The molecule has 0 saturated heterocycles. The Hall–Kier alpha value is -0.650. The van der Waals surface area contributed by atoms with Crippen molar-refractivity contribution in [3.8, 4) is 0 Å². The molecule has 0 aliphatic carbocycles. The predicted molar refractivity (Wildman–Crippen MR) is 108 cm³/mol. The van der Waals surface area contributed by atoms with Gasteiger partial charge in [0.25, 0.3) is 9.84 Å². The van der Waals surface area contributed by atoms with Crippen molar-refractivity contribution in [1.29, 1.82) is 0 Å². The van der Waals surface area contributed by atoms with Gasteiger partial charge < -0.3 is 0 Å². The quantitative estimate of drug-likeness (QED) is 0.493. The summed E-state index contributed by atoms with van der Waals surface area (Å²) in [5, 5.41) is 8.53. The number of halogens is 2. The standard InChI is InChI=1S/C14H12Cl2N4O2S4/c1-6(2)24-11-12(26(21,22)14-20-19-13(23-3)25-14)18-10-5-8(16)7(15)4-9(10)17-11/h4-6H,1-3H3. The molecule has 2 aromatic heterocycles. The number of aromatic nitrogens is 4. The van der Waals surface area contributed by atoms with E-state index in [1.807, 2.05) is 13.8 Å². The first-order chi connectivity index (χ1) is 12.2. The van der Waals surface area contributed by atoms with Gasteiger partial charge in [0.05, 0.1) is 21.1 Å². The number of sulfone groups is 1. The smallest absolute Gasteiger partial charge is 0.237 e. The summed E-state index contributed by atoms with van der Waals surface area (Å²) in [5.41, 5.74) is 0.823. The van der Waals surface area contributed by atoms with Gasteiger partial charge in [-0.3, -0.25) is 0 Å². The van der Waals surface area contributed by atoms with Gasteiger partial charge in [-0.2, -0.15) is 0 Å². The van der Waals surface area contributed by atoms with E-state index >= 15 is 0 Å². The van der Waals surface area contributed by atoms with Crippen molar-refractivity contribution in [3.05, 3.63) is 22.2 Å². The maximum Gasteiger partial charge on any atom is 0.255 e. The minimum absolute atomic E-state index is 0.106. The number of hydrogen-bond donors (Lipinski definition) is 0. The van der Waals surface area contributed by atoms with Crippen LogP contribution in [0.3, 0.4) is 0 Å². The molecule has 2 heterocycles. The number of hydrogen-bond acceptors (Lipinski definition) is 9. The van der Waals surface area contributed by atoms with Gasteiger partial charge in [0.15, 0.2) is 9.37 Å². The molecule has 0 aliphatic heterocycles. The van der Waals surface area contributed by atoms with E-state index in [4.69, 9.17) is 23.2 Å². The van der Waals surface area contributed by atoms with Crippen LogP contribution in [0, 0.1) is 0 Å². The molecule has 0 N–H and O–H groups in total. The van der Waals surface area contributed by atoms with E-state index < -0.39 is 9.84 Å². The molecular formula is C14H12Cl2N4O2S4. The summed E-state index contributed by atoms with van der Waals surface area (Å²) in [6.07, 6.45) is 1.80. The third-order valence-corrected chi connectivity index (χ3v) is 8.81. The second-order valence-corrected chi connectivity index (χ2v) is 11.7. The summed E-state index contributed by atoms with van der Waals surface area (Å²) >= 11 is 15.7. The SMILES string of the molecule is CSc1nnc(S(=O)(=O)c2nc3cc(Cl)c(Cl)cc3nc2SC(C)C)s1. The number of rotatable bonds is 5. The van der Waals surface area contributed by atoms with Gasteiger partial charge in [-0.05, 0) is 18.4 Å². The molecule has 0 bridgehead atoms. The fourth-order valence-corrected chi connectivity index (χ4v) is 6.38. The van der Waals surface area contributed by atoms with Gasteiger partial charge in [-0.25, -0.2) is 18.4 Å². The Kier molecular flexibility index (Phi) is 6.00. The summed E-state index contributed by atoms with van der Waals surface area (Å²) < 4.78 is 26.6. The lowest BCUT2D eigenvalue weighted by Crippen LogP contribution is -2.09. The summed E-state index contributed by atoms with van der Waals surface area (Å²) in [4.78, 5) is 8.80. The first-order valence-corrected chi connectivity index (χ1v) is 12.3. The van der Waals surface area contributed by atoms with E-state index in [-0.39, 0.29) is 19.6 Å². The van der Waals surface area contributed by atoms with Gasteiger partial charge in [0.2, 0.25) is 4.34 Å². The monoisotopic (exact) mass is 466 g/mol. The Bertz CT molecular complexity index is 1090. The van der Waals surface area contributed by atoms with Gasteiger partial charge in [0.1, 0.15) is 5.03 Å². The van der Waals surface area contributed by atoms with Crippen LogP contribution in [0.25, 0.3) is 11.0 Å². The average molecular weight is 467 g/mol. The highest BCUT2D eigenvalue weighted by molar-refractivity contribution is 8.01.